The lowest BCUT2D eigenvalue weighted by atomic mass is 9.96. The Morgan fingerprint density at radius 1 is 1.11 bits per heavy atom. The Hall–Kier alpha value is -1.61. The van der Waals surface area contributed by atoms with E-state index in [2.05, 4.69) is 25.1 Å². The van der Waals surface area contributed by atoms with Crippen molar-refractivity contribution in [2.75, 3.05) is 5.75 Å². The van der Waals surface area contributed by atoms with Gasteiger partial charge in [-0.25, -0.2) is 0 Å². The molecule has 2 nitrogen and oxygen atoms in total. The smallest absolute Gasteiger partial charge is 0.116 e. The summed E-state index contributed by atoms with van der Waals surface area (Å²) < 4.78 is 12.2. The minimum absolute atomic E-state index is 0.178. The van der Waals surface area contributed by atoms with Crippen molar-refractivity contribution in [3.05, 3.63) is 47.5 Å². The molecule has 0 amide bonds. The zero-order valence-corrected chi connectivity index (χ0v) is 11.0. The number of fused-ring (bicyclic) bond motifs is 3. The average Bonchev–Trinajstić information content (AvgIpc) is 2.48. The van der Waals surface area contributed by atoms with Gasteiger partial charge in [-0.15, -0.1) is 0 Å². The van der Waals surface area contributed by atoms with Gasteiger partial charge >= 0.3 is 0 Å². The summed E-state index contributed by atoms with van der Waals surface area (Å²) in [6.07, 6.45) is 0.819. The van der Waals surface area contributed by atoms with Crippen LogP contribution >= 0.6 is 0 Å². The van der Waals surface area contributed by atoms with Crippen molar-refractivity contribution in [2.45, 2.75) is 18.2 Å². The molecule has 92 valence electrons. The predicted molar refractivity (Wildman–Crippen MR) is 73.3 cm³/mol. The largest absolute Gasteiger partial charge is 0.508 e. The van der Waals surface area contributed by atoms with E-state index in [1.807, 2.05) is 6.07 Å². The number of rotatable bonds is 0. The van der Waals surface area contributed by atoms with Crippen LogP contribution in [0.5, 0.6) is 5.75 Å². The van der Waals surface area contributed by atoms with Crippen LogP contribution in [-0.4, -0.2) is 15.1 Å². The number of hydrogen-bond acceptors (Lipinski definition) is 2. The molecule has 0 saturated carbocycles. The maximum absolute atomic E-state index is 12.2. The molecule has 0 saturated heterocycles. The van der Waals surface area contributed by atoms with Crippen molar-refractivity contribution in [1.82, 2.24) is 0 Å². The lowest BCUT2D eigenvalue weighted by molar-refractivity contribution is 0.474. The van der Waals surface area contributed by atoms with Gasteiger partial charge in [-0.3, -0.25) is 4.21 Å². The summed E-state index contributed by atoms with van der Waals surface area (Å²) >= 11 is 0. The van der Waals surface area contributed by atoms with Crippen LogP contribution in [0, 0.1) is 6.92 Å². The molecule has 1 aliphatic heterocycles. The fourth-order valence-corrected chi connectivity index (χ4v) is 3.73. The third kappa shape index (κ3) is 1.85. The third-order valence-corrected chi connectivity index (χ3v) is 4.72. The van der Waals surface area contributed by atoms with Gasteiger partial charge in [0, 0.05) is 5.75 Å². The Morgan fingerprint density at radius 2 is 1.89 bits per heavy atom. The van der Waals surface area contributed by atoms with E-state index >= 15 is 0 Å². The first-order chi connectivity index (χ1) is 8.65. The lowest BCUT2D eigenvalue weighted by Crippen LogP contribution is -1.98. The van der Waals surface area contributed by atoms with Crippen LogP contribution in [0.15, 0.2) is 41.3 Å². The van der Waals surface area contributed by atoms with Crippen molar-refractivity contribution >= 4 is 10.8 Å². The Labute approximate surface area is 109 Å². The van der Waals surface area contributed by atoms with E-state index < -0.39 is 10.8 Å². The van der Waals surface area contributed by atoms with E-state index in [-0.39, 0.29) is 5.75 Å². The molecule has 1 atom stereocenters. The van der Waals surface area contributed by atoms with Gasteiger partial charge in [0.25, 0.3) is 0 Å². The minimum atomic E-state index is -1.04. The molecule has 2 aromatic carbocycles. The topological polar surface area (TPSA) is 37.3 Å². The Balaban J connectivity index is 2.30. The van der Waals surface area contributed by atoms with Crippen LogP contribution in [0.2, 0.25) is 0 Å². The summed E-state index contributed by atoms with van der Waals surface area (Å²) in [5.41, 5.74) is 4.59. The van der Waals surface area contributed by atoms with Crippen LogP contribution in [-0.2, 0) is 17.2 Å². The molecule has 18 heavy (non-hydrogen) atoms. The summed E-state index contributed by atoms with van der Waals surface area (Å²) in [4.78, 5) is 0.748. The van der Waals surface area contributed by atoms with E-state index in [4.69, 9.17) is 0 Å². The number of aryl methyl sites for hydroxylation is 2. The molecule has 3 rings (SSSR count). The Kier molecular flexibility index (Phi) is 2.71. The van der Waals surface area contributed by atoms with Gasteiger partial charge in [-0.1, -0.05) is 23.8 Å². The van der Waals surface area contributed by atoms with Crippen LogP contribution in [0.25, 0.3) is 11.1 Å². The lowest BCUT2D eigenvalue weighted by Gasteiger charge is -2.09. The molecule has 1 heterocycles. The van der Waals surface area contributed by atoms with Crippen molar-refractivity contribution in [3.63, 3.8) is 0 Å². The number of aromatic hydroxyl groups is 1. The molecule has 0 fully saturated rings. The van der Waals surface area contributed by atoms with Gasteiger partial charge in [0.05, 0.1) is 15.7 Å². The highest BCUT2D eigenvalue weighted by molar-refractivity contribution is 7.85. The predicted octanol–water partition coefficient (Wildman–Crippen LogP) is 3.03. The summed E-state index contributed by atoms with van der Waals surface area (Å²) in [5.74, 6) is 0.796. The van der Waals surface area contributed by atoms with Gasteiger partial charge in [0.2, 0.25) is 0 Å². The van der Waals surface area contributed by atoms with Crippen LogP contribution < -0.4 is 0 Å². The maximum atomic E-state index is 12.2. The van der Waals surface area contributed by atoms with Gasteiger partial charge < -0.3 is 5.11 Å². The van der Waals surface area contributed by atoms with Gasteiger partial charge in [0.1, 0.15) is 5.75 Å². The Morgan fingerprint density at radius 3 is 2.72 bits per heavy atom. The number of phenolic OH excluding ortho intramolecular Hbond substituents is 1. The maximum Gasteiger partial charge on any atom is 0.116 e. The first-order valence-electron chi connectivity index (χ1n) is 5.96. The van der Waals surface area contributed by atoms with Gasteiger partial charge in [-0.05, 0) is 48.2 Å². The molecule has 1 N–H and O–H groups in total. The molecule has 0 unspecified atom stereocenters. The molecule has 0 aliphatic carbocycles. The van der Waals surface area contributed by atoms with Gasteiger partial charge in [0.15, 0.2) is 0 Å². The summed E-state index contributed by atoms with van der Waals surface area (Å²) in [6, 6.07) is 11.5. The second-order valence-electron chi connectivity index (χ2n) is 4.64. The highest BCUT2D eigenvalue weighted by Crippen LogP contribution is 2.35. The normalized spacial score (nSPS) is 17.7. The number of phenols is 1. The van der Waals surface area contributed by atoms with E-state index in [1.165, 1.54) is 11.1 Å². The SMILES string of the molecule is Cc1ccc2c(c1)CC[S@@](=O)c1cc(O)ccc1-2. The molecule has 1 aliphatic rings. The van der Waals surface area contributed by atoms with E-state index in [9.17, 15) is 9.32 Å². The number of benzene rings is 2. The van der Waals surface area contributed by atoms with E-state index in [0.717, 1.165) is 22.4 Å². The summed E-state index contributed by atoms with van der Waals surface area (Å²) in [5, 5.41) is 9.56. The quantitative estimate of drug-likeness (QED) is 0.788. The standard InChI is InChI=1S/C15H14O2S/c1-10-2-4-13-11(8-10)6-7-18(17)15-9-12(16)3-5-14(13)15/h2-5,8-9,16H,6-7H2,1H3/t18-/m1/s1. The molecule has 0 bridgehead atoms. The van der Waals surface area contributed by atoms with E-state index in [1.54, 1.807) is 12.1 Å². The van der Waals surface area contributed by atoms with E-state index in [0.29, 0.717) is 5.75 Å². The second kappa shape index (κ2) is 4.25. The highest BCUT2D eigenvalue weighted by atomic mass is 32.2. The summed E-state index contributed by atoms with van der Waals surface area (Å²) in [7, 11) is -1.04. The zero-order valence-electron chi connectivity index (χ0n) is 10.1. The fourth-order valence-electron chi connectivity index (χ4n) is 2.43. The van der Waals surface area contributed by atoms with Crippen molar-refractivity contribution in [2.24, 2.45) is 0 Å². The summed E-state index contributed by atoms with van der Waals surface area (Å²) in [6.45, 7) is 2.07. The first kappa shape index (κ1) is 11.5. The first-order valence-corrected chi connectivity index (χ1v) is 7.28. The molecule has 0 aromatic heterocycles. The van der Waals surface area contributed by atoms with Crippen molar-refractivity contribution in [1.29, 1.82) is 0 Å². The molecule has 3 heteroatoms. The highest BCUT2D eigenvalue weighted by Gasteiger charge is 2.19. The van der Waals surface area contributed by atoms with Gasteiger partial charge in [-0.2, -0.15) is 0 Å². The Bertz CT molecular complexity index is 647. The minimum Gasteiger partial charge on any atom is -0.508 e. The molecule has 0 spiro atoms. The molecular formula is C15H14O2S. The average molecular weight is 258 g/mol. The monoisotopic (exact) mass is 258 g/mol. The van der Waals surface area contributed by atoms with Crippen LogP contribution in [0.1, 0.15) is 11.1 Å². The van der Waals surface area contributed by atoms with Crippen LogP contribution in [0.4, 0.5) is 0 Å². The third-order valence-electron chi connectivity index (χ3n) is 3.32. The van der Waals surface area contributed by atoms with Crippen molar-refractivity contribution < 1.29 is 9.32 Å². The molecular weight excluding hydrogens is 244 g/mol. The number of hydrogen-bond donors (Lipinski definition) is 1. The second-order valence-corrected chi connectivity index (χ2v) is 6.18. The zero-order chi connectivity index (χ0) is 12.7. The van der Waals surface area contributed by atoms with Crippen LogP contribution in [0.3, 0.4) is 0 Å². The molecule has 0 radical (unpaired) electrons. The molecule has 2 aromatic rings. The van der Waals surface area contributed by atoms with Crippen molar-refractivity contribution in [3.8, 4) is 16.9 Å². The fraction of sp³-hybridized carbons (Fsp3) is 0.200.